The van der Waals surface area contributed by atoms with Crippen molar-refractivity contribution in [2.75, 3.05) is 0 Å². The van der Waals surface area contributed by atoms with E-state index in [2.05, 4.69) is 54.2 Å². The van der Waals surface area contributed by atoms with Crippen molar-refractivity contribution < 1.29 is 21.1 Å². The van der Waals surface area contributed by atoms with Gasteiger partial charge in [0.15, 0.2) is 0 Å². The van der Waals surface area contributed by atoms with Crippen molar-refractivity contribution in [3.05, 3.63) is 59.4 Å². The van der Waals surface area contributed by atoms with Crippen LogP contribution in [0.2, 0.25) is 0 Å². The minimum absolute atomic E-state index is 0. The SMILES string of the molecule is CCc1n[n-]c(-c2ncccn2)c1C.CCc1n[n-]c(-c2ncccn2)c1C.[Pt+2]. The molecule has 4 aromatic rings. The summed E-state index contributed by atoms with van der Waals surface area (Å²) in [5, 5.41) is 16.3. The first-order valence-corrected chi connectivity index (χ1v) is 9.18. The van der Waals surface area contributed by atoms with Gasteiger partial charge in [-0.3, -0.25) is 0 Å². The van der Waals surface area contributed by atoms with Crippen LogP contribution in [0.4, 0.5) is 0 Å². The van der Waals surface area contributed by atoms with Crippen molar-refractivity contribution in [2.45, 2.75) is 40.5 Å². The van der Waals surface area contributed by atoms with Gasteiger partial charge >= 0.3 is 21.1 Å². The number of hydrogen-bond acceptors (Lipinski definition) is 6. The molecule has 0 saturated heterocycles. The van der Waals surface area contributed by atoms with Gasteiger partial charge in [0.25, 0.3) is 0 Å². The van der Waals surface area contributed by atoms with Crippen molar-refractivity contribution in [2.24, 2.45) is 0 Å². The summed E-state index contributed by atoms with van der Waals surface area (Å²) in [6.45, 7) is 8.13. The molecule has 0 aliphatic rings. The molecule has 0 aromatic carbocycles. The van der Waals surface area contributed by atoms with Gasteiger partial charge in [0.1, 0.15) is 11.6 Å². The maximum absolute atomic E-state index is 4.14. The van der Waals surface area contributed by atoms with Crippen molar-refractivity contribution in [3.63, 3.8) is 0 Å². The van der Waals surface area contributed by atoms with Gasteiger partial charge in [-0.2, -0.15) is 0 Å². The molecular weight excluding hydrogens is 547 g/mol. The summed E-state index contributed by atoms with van der Waals surface area (Å²) in [7, 11) is 0. The summed E-state index contributed by atoms with van der Waals surface area (Å²) >= 11 is 0. The molecule has 0 N–H and O–H groups in total. The van der Waals surface area contributed by atoms with Crippen LogP contribution in [0.5, 0.6) is 0 Å². The number of nitrogens with zero attached hydrogens (tertiary/aromatic N) is 8. The van der Waals surface area contributed by atoms with Gasteiger partial charge in [0.05, 0.1) is 0 Å². The molecule has 0 aliphatic heterocycles. The van der Waals surface area contributed by atoms with Crippen LogP contribution in [0.3, 0.4) is 0 Å². The van der Waals surface area contributed by atoms with E-state index < -0.39 is 0 Å². The third-order valence-corrected chi connectivity index (χ3v) is 4.34. The smallest absolute Gasteiger partial charge is 0.572 e. The fourth-order valence-corrected chi connectivity index (χ4v) is 2.73. The Morgan fingerprint density at radius 3 is 1.28 bits per heavy atom. The summed E-state index contributed by atoms with van der Waals surface area (Å²) in [4.78, 5) is 16.6. The van der Waals surface area contributed by atoms with Crippen LogP contribution < -0.4 is 10.2 Å². The molecule has 0 aliphatic carbocycles. The number of rotatable bonds is 4. The summed E-state index contributed by atoms with van der Waals surface area (Å²) < 4.78 is 0. The summed E-state index contributed by atoms with van der Waals surface area (Å²) in [5.41, 5.74) is 5.79. The molecular formula is C20H22N8Pt. The Morgan fingerprint density at radius 1 is 0.655 bits per heavy atom. The van der Waals surface area contributed by atoms with E-state index in [1.807, 2.05) is 13.8 Å². The third kappa shape index (κ3) is 5.20. The molecule has 0 fully saturated rings. The van der Waals surface area contributed by atoms with E-state index in [0.717, 1.165) is 46.7 Å². The van der Waals surface area contributed by atoms with Gasteiger partial charge in [-0.1, -0.05) is 25.2 Å². The van der Waals surface area contributed by atoms with Gasteiger partial charge in [0.2, 0.25) is 0 Å². The third-order valence-electron chi connectivity index (χ3n) is 4.34. The van der Waals surface area contributed by atoms with Gasteiger partial charge in [-0.05, 0) is 49.9 Å². The zero-order valence-corrected chi connectivity index (χ0v) is 19.0. The molecule has 9 heteroatoms. The molecule has 0 atom stereocenters. The van der Waals surface area contributed by atoms with Crippen LogP contribution in [0.1, 0.15) is 36.4 Å². The first-order chi connectivity index (χ1) is 13.7. The number of aromatic nitrogens is 8. The molecule has 0 bridgehead atoms. The van der Waals surface area contributed by atoms with Crippen LogP contribution >= 0.6 is 0 Å². The standard InChI is InChI=1S/2C10H11N4.Pt/c2*1-3-8-7(2)9(14-13-8)10-11-5-4-6-12-10;/h2*4-6H,3H2,1-2H3;/q2*-1;+2. The molecule has 0 saturated carbocycles. The molecule has 4 aromatic heterocycles. The Bertz CT molecular complexity index is 928. The monoisotopic (exact) mass is 569 g/mol. The van der Waals surface area contributed by atoms with Gasteiger partial charge in [-0.15, -0.1) is 0 Å². The molecule has 4 heterocycles. The van der Waals surface area contributed by atoms with E-state index in [9.17, 15) is 0 Å². The van der Waals surface area contributed by atoms with E-state index in [0.29, 0.717) is 11.6 Å². The van der Waals surface area contributed by atoms with Crippen LogP contribution in [-0.2, 0) is 33.9 Å². The van der Waals surface area contributed by atoms with Crippen LogP contribution in [-0.4, -0.2) is 30.1 Å². The largest absolute Gasteiger partial charge is 2.00 e. The van der Waals surface area contributed by atoms with Gasteiger partial charge in [-0.25, -0.2) is 19.9 Å². The molecule has 29 heavy (non-hydrogen) atoms. The molecule has 0 amide bonds. The summed E-state index contributed by atoms with van der Waals surface area (Å²) in [6.07, 6.45) is 8.63. The van der Waals surface area contributed by atoms with E-state index in [1.54, 1.807) is 36.9 Å². The first-order valence-electron chi connectivity index (χ1n) is 9.18. The Morgan fingerprint density at radius 2 is 1.00 bits per heavy atom. The van der Waals surface area contributed by atoms with E-state index in [1.165, 1.54) is 0 Å². The van der Waals surface area contributed by atoms with Crippen molar-refractivity contribution in [1.82, 2.24) is 40.3 Å². The molecule has 152 valence electrons. The Kier molecular flexibility index (Phi) is 8.33. The van der Waals surface area contributed by atoms with Crippen LogP contribution in [0, 0.1) is 13.8 Å². The zero-order chi connectivity index (χ0) is 19.9. The maximum atomic E-state index is 4.14. The minimum Gasteiger partial charge on any atom is -0.572 e. The average molecular weight is 570 g/mol. The molecule has 0 radical (unpaired) electrons. The second-order valence-electron chi connectivity index (χ2n) is 6.09. The Balaban J connectivity index is 0.000000200. The van der Waals surface area contributed by atoms with Crippen molar-refractivity contribution in [1.29, 1.82) is 0 Å². The topological polar surface area (TPSA) is 106 Å². The molecule has 4 rings (SSSR count). The number of hydrogen-bond donors (Lipinski definition) is 0. The van der Waals surface area contributed by atoms with Gasteiger partial charge < -0.3 is 20.4 Å². The Labute approximate surface area is 184 Å². The van der Waals surface area contributed by atoms with Crippen LogP contribution in [0.25, 0.3) is 23.0 Å². The molecule has 0 unspecified atom stereocenters. The second-order valence-corrected chi connectivity index (χ2v) is 6.09. The fraction of sp³-hybridized carbons (Fsp3) is 0.300. The summed E-state index contributed by atoms with van der Waals surface area (Å²) in [6, 6.07) is 3.58. The first kappa shape index (κ1) is 22.6. The second kappa shape index (κ2) is 10.7. The van der Waals surface area contributed by atoms with Crippen molar-refractivity contribution >= 4 is 0 Å². The number of aryl methyl sites for hydroxylation is 2. The normalized spacial score (nSPS) is 10.1. The predicted molar refractivity (Wildman–Crippen MR) is 105 cm³/mol. The Hall–Kier alpha value is -2.73. The molecule has 8 nitrogen and oxygen atoms in total. The quantitative estimate of drug-likeness (QED) is 0.370. The predicted octanol–water partition coefficient (Wildman–Crippen LogP) is 2.73. The molecule has 0 spiro atoms. The van der Waals surface area contributed by atoms with E-state index in [-0.39, 0.29) is 21.1 Å². The van der Waals surface area contributed by atoms with Crippen LogP contribution in [0.15, 0.2) is 36.9 Å². The fourth-order valence-electron chi connectivity index (χ4n) is 2.73. The van der Waals surface area contributed by atoms with Crippen molar-refractivity contribution in [3.8, 4) is 23.0 Å². The summed E-state index contributed by atoms with van der Waals surface area (Å²) in [5.74, 6) is 1.30. The zero-order valence-electron chi connectivity index (χ0n) is 16.8. The minimum atomic E-state index is 0. The average Bonchev–Trinajstić information content (AvgIpc) is 3.31. The van der Waals surface area contributed by atoms with Gasteiger partial charge in [0, 0.05) is 36.2 Å². The maximum Gasteiger partial charge on any atom is 2.00 e. The van der Waals surface area contributed by atoms with E-state index in [4.69, 9.17) is 0 Å². The van der Waals surface area contributed by atoms with E-state index >= 15 is 0 Å².